The molecular weight excluding hydrogens is 675 g/mol. The minimum absolute atomic E-state index is 0. The van der Waals surface area contributed by atoms with E-state index in [1.807, 2.05) is 0 Å². The van der Waals surface area contributed by atoms with Gasteiger partial charge in [-0.05, 0) is 86.8 Å². The molecule has 1 aliphatic rings. The maximum absolute atomic E-state index is 11.9. The number of benzene rings is 2. The van der Waals surface area contributed by atoms with Crippen LogP contribution in [0.5, 0.6) is 0 Å². The number of hydrogen-bond acceptors (Lipinski definition) is 0. The van der Waals surface area contributed by atoms with Crippen molar-refractivity contribution in [2.24, 2.45) is 0 Å². The Morgan fingerprint density at radius 2 is 0.788 bits per heavy atom. The van der Waals surface area contributed by atoms with Crippen molar-refractivity contribution in [3.8, 4) is 0 Å². The predicted molar refractivity (Wildman–Crippen MR) is 229 cm³/mol. The molecule has 0 bridgehead atoms. The van der Waals surface area contributed by atoms with Crippen LogP contribution in [0.1, 0.15) is 211 Å². The van der Waals surface area contributed by atoms with Crippen LogP contribution in [0.15, 0.2) is 59.7 Å². The van der Waals surface area contributed by atoms with E-state index in [0.29, 0.717) is 0 Å². The molecule has 0 saturated heterocycles. The van der Waals surface area contributed by atoms with Gasteiger partial charge in [-0.15, -0.1) is 0 Å². The Bertz CT molecular complexity index is 1220. The fourth-order valence-electron chi connectivity index (χ4n) is 6.78. The zero-order valence-corrected chi connectivity index (χ0v) is 35.9. The van der Waals surface area contributed by atoms with Gasteiger partial charge in [-0.2, -0.15) is 12.8 Å². The zero-order valence-electron chi connectivity index (χ0n) is 34.9. The molecule has 2 aromatic rings. The van der Waals surface area contributed by atoms with Gasteiger partial charge < -0.3 is 19.4 Å². The standard InChI is InChI=1S/C35H50N2.2C7H15.Ni/c1-5-9-13-15-25-33-32(24-14-10-6-2)34(30-22-16-20-28(26-30)18-11-7-3)37(36)35(33)31-23-17-21-29(27-31)19-12-8-4;2*1-3-5-7-6-4-2;/h16-17,20-23,26-27H,5-15,18-19,24-25H2,1-4H3;2*1,3-7H2,2H3;/q;2*-1;+2. The third kappa shape index (κ3) is 19.9. The van der Waals surface area contributed by atoms with Gasteiger partial charge in [-0.25, -0.2) is 4.70 Å². The average Bonchev–Trinajstić information content (AvgIpc) is 3.43. The molecule has 2 nitrogen and oxygen atoms in total. The van der Waals surface area contributed by atoms with E-state index < -0.39 is 0 Å². The molecule has 0 spiro atoms. The number of aryl methyl sites for hydroxylation is 2. The molecule has 0 amide bonds. The van der Waals surface area contributed by atoms with Crippen LogP contribution in [0.25, 0.3) is 16.9 Å². The van der Waals surface area contributed by atoms with Gasteiger partial charge in [0.15, 0.2) is 0 Å². The summed E-state index contributed by atoms with van der Waals surface area (Å²) < 4.78 is 1.56. The summed E-state index contributed by atoms with van der Waals surface area (Å²) in [7, 11) is 0. The average molecular weight is 756 g/mol. The van der Waals surface area contributed by atoms with Gasteiger partial charge in [0, 0.05) is 22.3 Å². The van der Waals surface area contributed by atoms with Crippen LogP contribution < -0.4 is 0 Å². The van der Waals surface area contributed by atoms with Gasteiger partial charge in [0.25, 0.3) is 0 Å². The van der Waals surface area contributed by atoms with Crippen LogP contribution in [-0.2, 0) is 29.3 Å². The maximum Gasteiger partial charge on any atom is 2.00 e. The Hall–Kier alpha value is -1.99. The molecule has 1 aliphatic heterocycles. The van der Waals surface area contributed by atoms with Gasteiger partial charge in [-0.3, -0.25) is 0 Å². The van der Waals surface area contributed by atoms with Crippen molar-refractivity contribution in [3.63, 3.8) is 0 Å². The maximum atomic E-state index is 11.9. The van der Waals surface area contributed by atoms with Gasteiger partial charge >= 0.3 is 16.5 Å². The summed E-state index contributed by atoms with van der Waals surface area (Å²) >= 11 is 0. The summed E-state index contributed by atoms with van der Waals surface area (Å²) in [5.41, 5.74) is 21.7. The second-order valence-corrected chi connectivity index (χ2v) is 14.7. The van der Waals surface area contributed by atoms with E-state index in [1.165, 1.54) is 144 Å². The first-order chi connectivity index (χ1) is 25.0. The Kier molecular flexibility index (Phi) is 32.3. The van der Waals surface area contributed by atoms with Gasteiger partial charge in [0.05, 0.1) is 0 Å². The summed E-state index contributed by atoms with van der Waals surface area (Å²) in [6, 6.07) is 17.9. The van der Waals surface area contributed by atoms with Crippen molar-refractivity contribution in [3.05, 3.63) is 101 Å². The fraction of sp³-hybridized carbons (Fsp3) is 0.633. The van der Waals surface area contributed by atoms with Crippen LogP contribution in [0.3, 0.4) is 0 Å². The number of unbranched alkanes of at least 4 members (excludes halogenated alkanes) is 15. The quantitative estimate of drug-likeness (QED) is 0.0417. The molecule has 3 heteroatoms. The molecule has 0 unspecified atom stereocenters. The Morgan fingerprint density at radius 3 is 1.15 bits per heavy atom. The Balaban J connectivity index is 0.00000146. The van der Waals surface area contributed by atoms with Gasteiger partial charge in [-0.1, -0.05) is 162 Å². The first kappa shape index (κ1) is 50.0. The third-order valence-corrected chi connectivity index (χ3v) is 9.92. The predicted octanol–water partition coefficient (Wildman–Crippen LogP) is 16.7. The minimum Gasteiger partial charge on any atom is -0.493 e. The fourth-order valence-corrected chi connectivity index (χ4v) is 6.78. The van der Waals surface area contributed by atoms with Crippen molar-refractivity contribution in [2.75, 3.05) is 0 Å². The number of allylic oxidation sites excluding steroid dienone is 2. The zero-order chi connectivity index (χ0) is 37.5. The molecule has 2 aromatic carbocycles. The second-order valence-electron chi connectivity index (χ2n) is 14.7. The molecule has 52 heavy (non-hydrogen) atoms. The van der Waals surface area contributed by atoms with Crippen LogP contribution in [-0.4, -0.2) is 4.70 Å². The molecule has 0 aromatic heterocycles. The van der Waals surface area contributed by atoms with Crippen LogP contribution in [0.4, 0.5) is 0 Å². The Labute approximate surface area is 334 Å². The topological polar surface area (TPSA) is 25.3 Å². The summed E-state index contributed by atoms with van der Waals surface area (Å²) in [6.07, 6.45) is 30.6. The summed E-state index contributed by atoms with van der Waals surface area (Å²) in [4.78, 5) is 0. The molecule has 0 saturated carbocycles. The van der Waals surface area contributed by atoms with Crippen LogP contribution >= 0.6 is 0 Å². The van der Waals surface area contributed by atoms with Crippen LogP contribution in [0, 0.1) is 13.8 Å². The SMILES string of the molecule is CCCCCCC1=C(c2cccc(CCCC)c2)[N+](=[N-])C(c2cccc(CCCC)c2)=C1CCCCC.[CH2-]CCCCCC.[CH2-]CCCCCC.[Ni+2]. The smallest absolute Gasteiger partial charge is 0.493 e. The Morgan fingerprint density at radius 1 is 0.442 bits per heavy atom. The van der Waals surface area contributed by atoms with E-state index in [9.17, 15) is 5.53 Å². The normalized spacial score (nSPS) is 12.3. The van der Waals surface area contributed by atoms with Crippen molar-refractivity contribution < 1.29 is 21.2 Å². The molecule has 0 fully saturated rings. The first-order valence-corrected chi connectivity index (χ1v) is 21.7. The summed E-state index contributed by atoms with van der Waals surface area (Å²) in [6.45, 7) is 21.0. The molecule has 1 heterocycles. The summed E-state index contributed by atoms with van der Waals surface area (Å²) in [5, 5.41) is 0. The molecule has 296 valence electrons. The third-order valence-electron chi connectivity index (χ3n) is 9.92. The minimum atomic E-state index is 0. The van der Waals surface area contributed by atoms with E-state index in [2.05, 4.69) is 104 Å². The molecular formula is C49H80N2Ni. The first-order valence-electron chi connectivity index (χ1n) is 21.7. The molecule has 0 N–H and O–H groups in total. The van der Waals surface area contributed by atoms with E-state index in [-0.39, 0.29) is 16.5 Å². The molecule has 3 rings (SSSR count). The second kappa shape index (κ2) is 33.6. The van der Waals surface area contributed by atoms with Crippen molar-refractivity contribution >= 4 is 11.4 Å². The van der Waals surface area contributed by atoms with Crippen LogP contribution in [0.2, 0.25) is 0 Å². The van der Waals surface area contributed by atoms with Crippen molar-refractivity contribution in [1.82, 2.24) is 0 Å². The largest absolute Gasteiger partial charge is 2.00 e. The van der Waals surface area contributed by atoms with E-state index in [1.54, 1.807) is 4.70 Å². The molecule has 0 atom stereocenters. The van der Waals surface area contributed by atoms with Gasteiger partial charge in [0.2, 0.25) is 11.4 Å². The van der Waals surface area contributed by atoms with E-state index >= 15 is 0 Å². The monoisotopic (exact) mass is 755 g/mol. The van der Waals surface area contributed by atoms with Crippen molar-refractivity contribution in [2.45, 2.75) is 202 Å². The van der Waals surface area contributed by atoms with Crippen molar-refractivity contribution in [1.29, 1.82) is 0 Å². The summed E-state index contributed by atoms with van der Waals surface area (Å²) in [5.74, 6) is 0. The number of rotatable bonds is 25. The van der Waals surface area contributed by atoms with E-state index in [0.717, 1.165) is 61.0 Å². The molecule has 0 aliphatic carbocycles. The number of hydrogen-bond donors (Lipinski definition) is 0. The van der Waals surface area contributed by atoms with Gasteiger partial charge in [0.1, 0.15) is 0 Å². The number of nitrogens with zero attached hydrogens (tertiary/aromatic N) is 2. The van der Waals surface area contributed by atoms with E-state index in [4.69, 9.17) is 0 Å². The molecule has 0 radical (unpaired) electrons.